The third-order valence-electron chi connectivity index (χ3n) is 5.56. The van der Waals surface area contributed by atoms with Gasteiger partial charge in [0.05, 0.1) is 19.2 Å². The molecule has 0 aliphatic heterocycles. The zero-order chi connectivity index (χ0) is 21.8. The quantitative estimate of drug-likeness (QED) is 0.633. The molecule has 160 valence electrons. The van der Waals surface area contributed by atoms with E-state index in [2.05, 4.69) is 15.3 Å². The highest BCUT2D eigenvalue weighted by Gasteiger charge is 2.27. The van der Waals surface area contributed by atoms with Crippen LogP contribution >= 0.6 is 0 Å². The van der Waals surface area contributed by atoms with Crippen molar-refractivity contribution < 1.29 is 13.9 Å². The van der Waals surface area contributed by atoms with Crippen molar-refractivity contribution in [3.05, 3.63) is 71.0 Å². The Bertz CT molecular complexity index is 1140. The minimum absolute atomic E-state index is 0.0723. The Labute approximate surface area is 178 Å². The highest BCUT2D eigenvalue weighted by Crippen LogP contribution is 2.28. The number of anilines is 1. The maximum Gasteiger partial charge on any atom is 0.308 e. The number of carbonyl (C=O) groups excluding carboxylic acids is 1. The normalized spacial score (nSPS) is 18.4. The number of rotatable bonds is 5. The van der Waals surface area contributed by atoms with Gasteiger partial charge in [0.2, 0.25) is 5.95 Å². The first-order chi connectivity index (χ1) is 15.0. The molecule has 0 atom stereocenters. The second-order valence-corrected chi connectivity index (χ2v) is 7.57. The van der Waals surface area contributed by atoms with Gasteiger partial charge in [0.25, 0.3) is 5.56 Å². The summed E-state index contributed by atoms with van der Waals surface area (Å²) in [5.41, 5.74) is 1.15. The van der Waals surface area contributed by atoms with E-state index in [9.17, 15) is 14.0 Å². The number of nitrogens with zero attached hydrogens (tertiary/aromatic N) is 3. The summed E-state index contributed by atoms with van der Waals surface area (Å²) in [5, 5.41) is 3.25. The van der Waals surface area contributed by atoms with Gasteiger partial charge in [-0.05, 0) is 43.9 Å². The van der Waals surface area contributed by atoms with Crippen molar-refractivity contribution in [2.45, 2.75) is 31.7 Å². The number of carbonyl (C=O) groups is 1. The molecule has 0 saturated heterocycles. The maximum absolute atomic E-state index is 14.6. The van der Waals surface area contributed by atoms with Gasteiger partial charge in [0.1, 0.15) is 5.69 Å². The first-order valence-corrected chi connectivity index (χ1v) is 10.2. The second-order valence-electron chi connectivity index (χ2n) is 7.57. The van der Waals surface area contributed by atoms with Gasteiger partial charge in [-0.15, -0.1) is 0 Å². The van der Waals surface area contributed by atoms with Gasteiger partial charge >= 0.3 is 5.97 Å². The van der Waals surface area contributed by atoms with Crippen molar-refractivity contribution in [1.82, 2.24) is 14.5 Å². The van der Waals surface area contributed by atoms with E-state index in [4.69, 9.17) is 4.74 Å². The summed E-state index contributed by atoms with van der Waals surface area (Å²) in [7, 11) is 1.41. The Morgan fingerprint density at radius 3 is 2.71 bits per heavy atom. The average molecular weight is 422 g/mol. The molecule has 0 amide bonds. The summed E-state index contributed by atoms with van der Waals surface area (Å²) < 4.78 is 20.9. The summed E-state index contributed by atoms with van der Waals surface area (Å²) in [4.78, 5) is 32.3. The number of esters is 1. The van der Waals surface area contributed by atoms with Crippen LogP contribution in [0.5, 0.6) is 0 Å². The molecule has 31 heavy (non-hydrogen) atoms. The number of nitrogens with one attached hydrogen (secondary N) is 1. The fourth-order valence-electron chi connectivity index (χ4n) is 3.91. The number of ether oxygens (including phenoxy) is 1. The van der Waals surface area contributed by atoms with Gasteiger partial charge in [0, 0.05) is 29.6 Å². The van der Waals surface area contributed by atoms with Crippen LogP contribution in [0.1, 0.15) is 25.7 Å². The van der Waals surface area contributed by atoms with E-state index in [1.807, 2.05) is 0 Å². The average Bonchev–Trinajstić information content (AvgIpc) is 2.80. The third kappa shape index (κ3) is 4.63. The molecule has 3 aromatic rings. The monoisotopic (exact) mass is 422 g/mol. The van der Waals surface area contributed by atoms with Crippen molar-refractivity contribution in [3.63, 3.8) is 0 Å². The van der Waals surface area contributed by atoms with Crippen molar-refractivity contribution in [1.29, 1.82) is 0 Å². The molecule has 8 heteroatoms. The molecule has 4 rings (SSSR count). The van der Waals surface area contributed by atoms with E-state index in [-0.39, 0.29) is 29.2 Å². The molecule has 1 aliphatic carbocycles. The summed E-state index contributed by atoms with van der Waals surface area (Å²) >= 11 is 0. The fraction of sp³-hybridized carbons (Fsp3) is 0.304. The number of methoxy groups -OCH3 is 1. The lowest BCUT2D eigenvalue weighted by atomic mass is 9.86. The fourth-order valence-corrected chi connectivity index (χ4v) is 3.91. The summed E-state index contributed by atoms with van der Waals surface area (Å²) in [5.74, 6) is -0.453. The number of hydrogen-bond donors (Lipinski definition) is 1. The van der Waals surface area contributed by atoms with Crippen molar-refractivity contribution in [2.24, 2.45) is 5.92 Å². The van der Waals surface area contributed by atoms with Gasteiger partial charge in [0.15, 0.2) is 5.82 Å². The Kier molecular flexibility index (Phi) is 6.06. The Hall–Kier alpha value is -3.55. The number of pyridine rings is 1. The predicted molar refractivity (Wildman–Crippen MR) is 114 cm³/mol. The molecule has 2 heterocycles. The number of halogens is 1. The van der Waals surface area contributed by atoms with Crippen LogP contribution in [0.3, 0.4) is 0 Å². The molecule has 1 N–H and O–H groups in total. The van der Waals surface area contributed by atoms with E-state index in [0.29, 0.717) is 17.2 Å². The Morgan fingerprint density at radius 1 is 1.16 bits per heavy atom. The number of aromatic nitrogens is 3. The highest BCUT2D eigenvalue weighted by molar-refractivity contribution is 5.72. The zero-order valence-corrected chi connectivity index (χ0v) is 17.1. The second kappa shape index (κ2) is 9.07. The van der Waals surface area contributed by atoms with E-state index < -0.39 is 5.82 Å². The molecule has 2 aromatic heterocycles. The lowest BCUT2D eigenvalue weighted by Gasteiger charge is -2.27. The number of hydrogen-bond acceptors (Lipinski definition) is 6. The molecular weight excluding hydrogens is 399 g/mol. The zero-order valence-electron chi connectivity index (χ0n) is 17.1. The molecule has 1 aromatic carbocycles. The van der Waals surface area contributed by atoms with Crippen LogP contribution in [-0.2, 0) is 9.53 Å². The van der Waals surface area contributed by atoms with Crippen LogP contribution in [0.2, 0.25) is 0 Å². The van der Waals surface area contributed by atoms with Crippen LogP contribution in [-0.4, -0.2) is 33.7 Å². The van der Waals surface area contributed by atoms with Crippen LogP contribution in [0.15, 0.2) is 59.7 Å². The molecule has 1 aliphatic rings. The summed E-state index contributed by atoms with van der Waals surface area (Å²) in [6.45, 7) is 0. The van der Waals surface area contributed by atoms with Crippen LogP contribution in [0, 0.1) is 11.7 Å². The van der Waals surface area contributed by atoms with Crippen molar-refractivity contribution in [3.8, 4) is 16.9 Å². The van der Waals surface area contributed by atoms with Gasteiger partial charge in [-0.1, -0.05) is 18.2 Å². The van der Waals surface area contributed by atoms with Crippen LogP contribution in [0.25, 0.3) is 16.9 Å². The van der Waals surface area contributed by atoms with E-state index in [0.717, 1.165) is 31.9 Å². The smallest absolute Gasteiger partial charge is 0.308 e. The molecule has 1 saturated carbocycles. The number of benzene rings is 1. The molecule has 0 spiro atoms. The Balaban J connectivity index is 1.54. The third-order valence-corrected chi connectivity index (χ3v) is 5.56. The lowest BCUT2D eigenvalue weighted by Crippen LogP contribution is -2.30. The molecule has 0 unspecified atom stereocenters. The molecule has 7 nitrogen and oxygen atoms in total. The minimum atomic E-state index is -0.544. The highest BCUT2D eigenvalue weighted by atomic mass is 19.1. The minimum Gasteiger partial charge on any atom is -0.469 e. The van der Waals surface area contributed by atoms with E-state index >= 15 is 0 Å². The predicted octanol–water partition coefficient (Wildman–Crippen LogP) is 3.58. The van der Waals surface area contributed by atoms with Gasteiger partial charge < -0.3 is 10.1 Å². The topological polar surface area (TPSA) is 86.1 Å². The van der Waals surface area contributed by atoms with E-state index in [1.165, 1.54) is 17.7 Å². The largest absolute Gasteiger partial charge is 0.469 e. The summed E-state index contributed by atoms with van der Waals surface area (Å²) in [6, 6.07) is 12.0. The van der Waals surface area contributed by atoms with Crippen LogP contribution < -0.4 is 10.9 Å². The molecule has 0 radical (unpaired) electrons. The molecule has 1 fully saturated rings. The SMILES string of the molecule is COC(=O)[C@H]1CC[C@H](Nc2ncc(F)c(-c3cccc(-n4ccccc4=O)c3)n2)CC1. The summed E-state index contributed by atoms with van der Waals surface area (Å²) in [6.07, 6.45) is 5.82. The maximum atomic E-state index is 14.6. The first kappa shape index (κ1) is 20.7. The first-order valence-electron chi connectivity index (χ1n) is 10.2. The van der Waals surface area contributed by atoms with E-state index in [1.54, 1.807) is 42.6 Å². The molecule has 0 bridgehead atoms. The van der Waals surface area contributed by atoms with Gasteiger partial charge in [-0.3, -0.25) is 14.2 Å². The Morgan fingerprint density at radius 2 is 1.97 bits per heavy atom. The standard InChI is InChI=1S/C23H23FN4O3/c1-31-22(30)15-8-10-17(11-9-15)26-23-25-14-19(24)21(27-23)16-5-4-6-18(13-16)28-12-3-2-7-20(28)29/h2-7,12-15,17H,8-11H2,1H3,(H,25,26,27)/t15-,17-. The lowest BCUT2D eigenvalue weighted by molar-refractivity contribution is -0.146. The van der Waals surface area contributed by atoms with Crippen molar-refractivity contribution in [2.75, 3.05) is 12.4 Å². The molecular formula is C23H23FN4O3. The van der Waals surface area contributed by atoms with Gasteiger partial charge in [-0.2, -0.15) is 0 Å². The van der Waals surface area contributed by atoms with Gasteiger partial charge in [-0.25, -0.2) is 14.4 Å². The van der Waals surface area contributed by atoms with Crippen molar-refractivity contribution >= 4 is 11.9 Å². The van der Waals surface area contributed by atoms with Crippen LogP contribution in [0.4, 0.5) is 10.3 Å².